The first kappa shape index (κ1) is 14.5. The van der Waals surface area contributed by atoms with Crippen molar-refractivity contribution in [3.63, 3.8) is 0 Å². The molecule has 1 aliphatic heterocycles. The highest BCUT2D eigenvalue weighted by Gasteiger charge is 2.17. The first-order valence-electron chi connectivity index (χ1n) is 6.84. The van der Waals surface area contributed by atoms with Crippen molar-refractivity contribution < 1.29 is 9.53 Å². The number of hydrogen-bond donors (Lipinski definition) is 1. The molecule has 0 aliphatic carbocycles. The summed E-state index contributed by atoms with van der Waals surface area (Å²) in [7, 11) is 0. The molecule has 17 heavy (non-hydrogen) atoms. The van der Waals surface area contributed by atoms with Crippen molar-refractivity contribution in [2.45, 2.75) is 45.6 Å². The zero-order valence-corrected chi connectivity index (χ0v) is 11.2. The van der Waals surface area contributed by atoms with Crippen molar-refractivity contribution in [1.29, 1.82) is 0 Å². The van der Waals surface area contributed by atoms with Crippen LogP contribution in [-0.2, 0) is 9.53 Å². The lowest BCUT2D eigenvalue weighted by atomic mass is 10.3. The molecule has 100 valence electrons. The van der Waals surface area contributed by atoms with Gasteiger partial charge in [-0.2, -0.15) is 0 Å². The van der Waals surface area contributed by atoms with Gasteiger partial charge in [0.2, 0.25) is 0 Å². The zero-order chi connectivity index (χ0) is 12.5. The predicted molar refractivity (Wildman–Crippen MR) is 69.0 cm³/mol. The fourth-order valence-corrected chi connectivity index (χ4v) is 2.08. The van der Waals surface area contributed by atoms with E-state index < -0.39 is 0 Å². The molecule has 0 saturated carbocycles. The van der Waals surface area contributed by atoms with Crippen molar-refractivity contribution in [2.24, 2.45) is 0 Å². The fourth-order valence-electron chi connectivity index (χ4n) is 2.08. The molecule has 1 fully saturated rings. The number of carbonyl (C=O) groups excluding carboxylic acids is 1. The van der Waals surface area contributed by atoms with Gasteiger partial charge in [0.25, 0.3) is 0 Å². The molecule has 0 spiro atoms. The molecule has 0 amide bonds. The van der Waals surface area contributed by atoms with E-state index in [1.807, 2.05) is 0 Å². The SMILES string of the molecule is CCCCOC(=O)CNCC(C)N1CCCC1. The van der Waals surface area contributed by atoms with Crippen molar-refractivity contribution >= 4 is 5.97 Å². The lowest BCUT2D eigenvalue weighted by Crippen LogP contribution is -2.40. The minimum atomic E-state index is -0.132. The quantitative estimate of drug-likeness (QED) is 0.516. The highest BCUT2D eigenvalue weighted by atomic mass is 16.5. The molecule has 1 heterocycles. The minimum absolute atomic E-state index is 0.132. The van der Waals surface area contributed by atoms with Crippen LogP contribution in [0.2, 0.25) is 0 Å². The van der Waals surface area contributed by atoms with Gasteiger partial charge >= 0.3 is 5.97 Å². The molecule has 4 heteroatoms. The summed E-state index contributed by atoms with van der Waals surface area (Å²) in [5, 5.41) is 3.17. The summed E-state index contributed by atoms with van der Waals surface area (Å²) in [5.41, 5.74) is 0. The predicted octanol–water partition coefficient (Wildman–Crippen LogP) is 1.40. The number of ether oxygens (including phenoxy) is 1. The number of rotatable bonds is 8. The van der Waals surface area contributed by atoms with E-state index in [4.69, 9.17) is 4.74 Å². The van der Waals surface area contributed by atoms with E-state index in [2.05, 4.69) is 24.1 Å². The standard InChI is InChI=1S/C13H26N2O2/c1-3-4-9-17-13(16)11-14-10-12(2)15-7-5-6-8-15/h12,14H,3-11H2,1-2H3. The Kier molecular flexibility index (Phi) is 7.21. The van der Waals surface area contributed by atoms with E-state index in [-0.39, 0.29) is 5.97 Å². The molecule has 1 atom stereocenters. The van der Waals surface area contributed by atoms with Crippen molar-refractivity contribution in [3.8, 4) is 0 Å². The van der Waals surface area contributed by atoms with Crippen LogP contribution in [0.15, 0.2) is 0 Å². The Hall–Kier alpha value is -0.610. The maximum atomic E-state index is 11.3. The largest absolute Gasteiger partial charge is 0.465 e. The summed E-state index contributed by atoms with van der Waals surface area (Å²) >= 11 is 0. The molecule has 0 aromatic carbocycles. The number of carbonyl (C=O) groups is 1. The van der Waals surface area contributed by atoms with Gasteiger partial charge in [0.05, 0.1) is 13.2 Å². The van der Waals surface area contributed by atoms with Gasteiger partial charge in [-0.1, -0.05) is 13.3 Å². The molecule has 0 radical (unpaired) electrons. The summed E-state index contributed by atoms with van der Waals surface area (Å²) in [6, 6.07) is 0.515. The summed E-state index contributed by atoms with van der Waals surface area (Å²) in [6.07, 6.45) is 4.63. The van der Waals surface area contributed by atoms with E-state index in [0.717, 1.165) is 19.4 Å². The lowest BCUT2D eigenvalue weighted by molar-refractivity contribution is -0.142. The first-order chi connectivity index (χ1) is 8.24. The summed E-state index contributed by atoms with van der Waals surface area (Å²) < 4.78 is 5.07. The molecule has 4 nitrogen and oxygen atoms in total. The van der Waals surface area contributed by atoms with Gasteiger partial charge in [0, 0.05) is 12.6 Å². The second-order valence-corrected chi connectivity index (χ2v) is 4.80. The molecule has 0 bridgehead atoms. The Bertz CT molecular complexity index is 215. The van der Waals surface area contributed by atoms with Crippen LogP contribution in [0.3, 0.4) is 0 Å². The van der Waals surface area contributed by atoms with Crippen LogP contribution in [0.4, 0.5) is 0 Å². The second-order valence-electron chi connectivity index (χ2n) is 4.80. The smallest absolute Gasteiger partial charge is 0.319 e. The van der Waals surface area contributed by atoms with Gasteiger partial charge in [0.15, 0.2) is 0 Å². The van der Waals surface area contributed by atoms with Crippen LogP contribution >= 0.6 is 0 Å². The Balaban J connectivity index is 2.00. The van der Waals surface area contributed by atoms with Crippen molar-refractivity contribution in [3.05, 3.63) is 0 Å². The molecule has 1 N–H and O–H groups in total. The van der Waals surface area contributed by atoms with Crippen LogP contribution in [0.25, 0.3) is 0 Å². The average Bonchev–Trinajstić information content (AvgIpc) is 2.82. The normalized spacial score (nSPS) is 18.2. The number of nitrogens with zero attached hydrogens (tertiary/aromatic N) is 1. The summed E-state index contributed by atoms with van der Waals surface area (Å²) in [5.74, 6) is -0.132. The van der Waals surface area contributed by atoms with Gasteiger partial charge in [-0.05, 0) is 39.3 Å². The number of nitrogens with one attached hydrogen (secondary N) is 1. The summed E-state index contributed by atoms with van der Waals surface area (Å²) in [4.78, 5) is 13.8. The number of unbranched alkanes of at least 4 members (excludes halogenated alkanes) is 1. The minimum Gasteiger partial charge on any atom is -0.465 e. The fraction of sp³-hybridized carbons (Fsp3) is 0.923. The highest BCUT2D eigenvalue weighted by molar-refractivity contribution is 5.71. The number of likely N-dealkylation sites (tertiary alicyclic amines) is 1. The molecule has 0 aromatic heterocycles. The zero-order valence-electron chi connectivity index (χ0n) is 11.2. The number of hydrogen-bond acceptors (Lipinski definition) is 4. The molecular weight excluding hydrogens is 216 g/mol. The Labute approximate surface area is 105 Å². The van der Waals surface area contributed by atoms with Gasteiger partial charge in [-0.15, -0.1) is 0 Å². The molecule has 1 rings (SSSR count). The molecule has 1 saturated heterocycles. The molecular formula is C13H26N2O2. The van der Waals surface area contributed by atoms with Gasteiger partial charge in [-0.25, -0.2) is 0 Å². The summed E-state index contributed by atoms with van der Waals surface area (Å²) in [6.45, 7) is 8.45. The number of esters is 1. The van der Waals surface area contributed by atoms with Gasteiger partial charge < -0.3 is 10.1 Å². The maximum absolute atomic E-state index is 11.3. The second kappa shape index (κ2) is 8.48. The third kappa shape index (κ3) is 6.03. The van der Waals surface area contributed by atoms with Crippen molar-refractivity contribution in [1.82, 2.24) is 10.2 Å². The third-order valence-electron chi connectivity index (χ3n) is 3.23. The van der Waals surface area contributed by atoms with Gasteiger partial charge in [-0.3, -0.25) is 9.69 Å². The van der Waals surface area contributed by atoms with Crippen LogP contribution < -0.4 is 5.32 Å². The third-order valence-corrected chi connectivity index (χ3v) is 3.23. The Morgan fingerprint density at radius 1 is 1.41 bits per heavy atom. The van der Waals surface area contributed by atoms with E-state index in [1.54, 1.807) is 0 Å². The molecule has 0 aromatic rings. The van der Waals surface area contributed by atoms with E-state index >= 15 is 0 Å². The Morgan fingerprint density at radius 3 is 2.76 bits per heavy atom. The highest BCUT2D eigenvalue weighted by Crippen LogP contribution is 2.10. The first-order valence-corrected chi connectivity index (χ1v) is 6.84. The van der Waals surface area contributed by atoms with Crippen LogP contribution in [0, 0.1) is 0 Å². The van der Waals surface area contributed by atoms with E-state index in [1.165, 1.54) is 25.9 Å². The van der Waals surface area contributed by atoms with E-state index in [9.17, 15) is 4.79 Å². The average molecular weight is 242 g/mol. The molecule has 1 unspecified atom stereocenters. The van der Waals surface area contributed by atoms with E-state index in [0.29, 0.717) is 19.2 Å². The molecule has 1 aliphatic rings. The van der Waals surface area contributed by atoms with Crippen LogP contribution in [0.1, 0.15) is 39.5 Å². The van der Waals surface area contributed by atoms with Crippen LogP contribution in [-0.4, -0.2) is 49.7 Å². The lowest BCUT2D eigenvalue weighted by Gasteiger charge is -2.23. The van der Waals surface area contributed by atoms with Crippen LogP contribution in [0.5, 0.6) is 0 Å². The van der Waals surface area contributed by atoms with Gasteiger partial charge in [0.1, 0.15) is 0 Å². The monoisotopic (exact) mass is 242 g/mol. The van der Waals surface area contributed by atoms with Crippen molar-refractivity contribution in [2.75, 3.05) is 32.8 Å². The Morgan fingerprint density at radius 2 is 2.12 bits per heavy atom. The maximum Gasteiger partial charge on any atom is 0.319 e. The topological polar surface area (TPSA) is 41.6 Å².